The highest BCUT2D eigenvalue weighted by Gasteiger charge is 2.03. The van der Waals surface area contributed by atoms with Gasteiger partial charge in [-0.2, -0.15) is 0 Å². The van der Waals surface area contributed by atoms with Crippen molar-refractivity contribution in [3.8, 4) is 5.75 Å². The normalized spacial score (nSPS) is 10.8. The van der Waals surface area contributed by atoms with Gasteiger partial charge in [0.25, 0.3) is 5.56 Å². The Labute approximate surface area is 122 Å². The number of ether oxygens (including phenoxy) is 1. The number of nitrogens with one attached hydrogen (secondary N) is 2. The van der Waals surface area contributed by atoms with E-state index in [1.54, 1.807) is 6.20 Å². The first-order valence-corrected chi connectivity index (χ1v) is 6.98. The van der Waals surface area contributed by atoms with E-state index in [1.807, 2.05) is 24.3 Å². The van der Waals surface area contributed by atoms with Crippen LogP contribution >= 0.6 is 12.2 Å². The van der Waals surface area contributed by atoms with Crippen LogP contribution in [0, 0.1) is 10.7 Å². The Hall–Kier alpha value is -1.88. The van der Waals surface area contributed by atoms with Crippen molar-refractivity contribution in [2.45, 2.75) is 20.3 Å². The number of hydrogen-bond donors (Lipinski definition) is 2. The summed E-state index contributed by atoms with van der Waals surface area (Å²) in [4.78, 5) is 17.2. The van der Waals surface area contributed by atoms with Gasteiger partial charge < -0.3 is 9.72 Å². The third kappa shape index (κ3) is 4.06. The molecule has 0 saturated carbocycles. The minimum atomic E-state index is -0.151. The molecule has 0 bridgehead atoms. The van der Waals surface area contributed by atoms with Gasteiger partial charge in [-0.05, 0) is 35.8 Å². The Morgan fingerprint density at radius 3 is 2.85 bits per heavy atom. The van der Waals surface area contributed by atoms with E-state index in [0.29, 0.717) is 29.3 Å². The number of aromatic nitrogens is 2. The molecule has 1 heterocycles. The fourth-order valence-corrected chi connectivity index (χ4v) is 1.95. The van der Waals surface area contributed by atoms with E-state index in [-0.39, 0.29) is 5.56 Å². The molecular weight excluding hydrogens is 272 g/mol. The zero-order chi connectivity index (χ0) is 14.5. The molecule has 2 N–H and O–H groups in total. The van der Waals surface area contributed by atoms with Crippen molar-refractivity contribution < 1.29 is 4.74 Å². The molecule has 0 aliphatic rings. The van der Waals surface area contributed by atoms with Crippen molar-refractivity contribution in [3.05, 3.63) is 56.7 Å². The number of hydrogen-bond acceptors (Lipinski definition) is 3. The van der Waals surface area contributed by atoms with Crippen LogP contribution in [0.1, 0.15) is 25.0 Å². The predicted molar refractivity (Wildman–Crippen MR) is 81.8 cm³/mol. The molecule has 0 unspecified atom stereocenters. The van der Waals surface area contributed by atoms with Crippen molar-refractivity contribution in [2.24, 2.45) is 5.92 Å². The first-order chi connectivity index (χ1) is 9.54. The zero-order valence-corrected chi connectivity index (χ0v) is 12.4. The molecule has 0 amide bonds. The fraction of sp³-hybridized carbons (Fsp3) is 0.333. The summed E-state index contributed by atoms with van der Waals surface area (Å²) in [7, 11) is 0. The van der Waals surface area contributed by atoms with Crippen LogP contribution in [0.3, 0.4) is 0 Å². The van der Waals surface area contributed by atoms with Gasteiger partial charge in [0.2, 0.25) is 0 Å². The maximum absolute atomic E-state index is 11.8. The third-order valence-electron chi connectivity index (χ3n) is 2.77. The Kier molecular flexibility index (Phi) is 4.74. The van der Waals surface area contributed by atoms with Gasteiger partial charge in [-0.25, -0.2) is 0 Å². The molecule has 1 aromatic heterocycles. The number of aromatic amines is 2. The fourth-order valence-electron chi connectivity index (χ4n) is 1.80. The van der Waals surface area contributed by atoms with E-state index in [9.17, 15) is 4.79 Å². The van der Waals surface area contributed by atoms with Crippen LogP contribution in [0.2, 0.25) is 0 Å². The molecule has 106 valence electrons. The summed E-state index contributed by atoms with van der Waals surface area (Å²) in [6.07, 6.45) is 2.20. The van der Waals surface area contributed by atoms with Gasteiger partial charge in [-0.1, -0.05) is 26.0 Å². The van der Waals surface area contributed by atoms with Crippen molar-refractivity contribution >= 4 is 12.2 Å². The van der Waals surface area contributed by atoms with Crippen molar-refractivity contribution in [1.82, 2.24) is 9.97 Å². The lowest BCUT2D eigenvalue weighted by Gasteiger charge is -2.09. The topological polar surface area (TPSA) is 57.9 Å². The minimum absolute atomic E-state index is 0.151. The molecule has 20 heavy (non-hydrogen) atoms. The highest BCUT2D eigenvalue weighted by atomic mass is 32.1. The number of benzene rings is 1. The number of H-pyrrole nitrogens is 2. The summed E-state index contributed by atoms with van der Waals surface area (Å²) in [6, 6.07) is 7.80. The highest BCUT2D eigenvalue weighted by Crippen LogP contribution is 2.16. The van der Waals surface area contributed by atoms with Crippen molar-refractivity contribution in [3.63, 3.8) is 0 Å². The summed E-state index contributed by atoms with van der Waals surface area (Å²) in [5.74, 6) is 1.31. The van der Waals surface area contributed by atoms with Gasteiger partial charge >= 0.3 is 0 Å². The van der Waals surface area contributed by atoms with E-state index in [2.05, 4.69) is 23.8 Å². The van der Waals surface area contributed by atoms with Crippen LogP contribution in [0.15, 0.2) is 35.3 Å². The zero-order valence-electron chi connectivity index (χ0n) is 11.6. The Bertz CT molecular complexity index is 689. The van der Waals surface area contributed by atoms with Gasteiger partial charge in [0.15, 0.2) is 4.77 Å². The molecule has 4 nitrogen and oxygen atoms in total. The average molecular weight is 290 g/mol. The Morgan fingerprint density at radius 2 is 2.15 bits per heavy atom. The number of rotatable bonds is 5. The Morgan fingerprint density at radius 1 is 1.35 bits per heavy atom. The maximum Gasteiger partial charge on any atom is 0.255 e. The monoisotopic (exact) mass is 290 g/mol. The van der Waals surface area contributed by atoms with Crippen LogP contribution < -0.4 is 10.3 Å². The first kappa shape index (κ1) is 14.5. The van der Waals surface area contributed by atoms with Crippen molar-refractivity contribution in [1.29, 1.82) is 0 Å². The van der Waals surface area contributed by atoms with Crippen LogP contribution in [0.4, 0.5) is 0 Å². The summed E-state index contributed by atoms with van der Waals surface area (Å²) in [6.45, 7) is 4.90. The molecule has 2 rings (SSSR count). The second-order valence-corrected chi connectivity index (χ2v) is 5.53. The lowest BCUT2D eigenvalue weighted by atomic mass is 10.1. The SMILES string of the molecule is CC(C)COc1cccc(Cc2c[nH]c(=S)[nH]c2=O)c1. The van der Waals surface area contributed by atoms with Crippen LogP contribution in [-0.4, -0.2) is 16.6 Å². The summed E-state index contributed by atoms with van der Waals surface area (Å²) >= 11 is 4.87. The second-order valence-electron chi connectivity index (χ2n) is 5.13. The predicted octanol–water partition coefficient (Wildman–Crippen LogP) is 3.06. The lowest BCUT2D eigenvalue weighted by Crippen LogP contribution is -2.13. The van der Waals surface area contributed by atoms with Crippen LogP contribution in [-0.2, 0) is 6.42 Å². The first-order valence-electron chi connectivity index (χ1n) is 6.57. The lowest BCUT2D eigenvalue weighted by molar-refractivity contribution is 0.271. The molecule has 0 spiro atoms. The van der Waals surface area contributed by atoms with Gasteiger partial charge in [0.1, 0.15) is 5.75 Å². The van der Waals surface area contributed by atoms with E-state index in [1.165, 1.54) is 0 Å². The summed E-state index contributed by atoms with van der Waals surface area (Å²) in [5.41, 5.74) is 1.53. The summed E-state index contributed by atoms with van der Waals surface area (Å²) in [5, 5.41) is 0. The molecule has 0 radical (unpaired) electrons. The highest BCUT2D eigenvalue weighted by molar-refractivity contribution is 7.71. The standard InChI is InChI=1S/C15H18N2O2S/c1-10(2)9-19-13-5-3-4-11(7-13)6-12-8-16-15(20)17-14(12)18/h3-5,7-8,10H,6,9H2,1-2H3,(H2,16,17,18,20). The van der Waals surface area contributed by atoms with Gasteiger partial charge in [-0.15, -0.1) is 0 Å². The molecule has 0 fully saturated rings. The Balaban J connectivity index is 2.15. The van der Waals surface area contributed by atoms with Crippen LogP contribution in [0.25, 0.3) is 0 Å². The second kappa shape index (κ2) is 6.52. The van der Waals surface area contributed by atoms with Crippen LogP contribution in [0.5, 0.6) is 5.75 Å². The van der Waals surface area contributed by atoms with E-state index in [4.69, 9.17) is 17.0 Å². The molecular formula is C15H18N2O2S. The van der Waals surface area contributed by atoms with E-state index in [0.717, 1.165) is 11.3 Å². The minimum Gasteiger partial charge on any atom is -0.493 e. The quantitative estimate of drug-likeness (QED) is 0.832. The molecule has 0 saturated heterocycles. The molecule has 0 aliphatic carbocycles. The molecule has 0 atom stereocenters. The third-order valence-corrected chi connectivity index (χ3v) is 2.99. The molecule has 0 aliphatic heterocycles. The maximum atomic E-state index is 11.8. The van der Waals surface area contributed by atoms with Crippen molar-refractivity contribution in [2.75, 3.05) is 6.61 Å². The largest absolute Gasteiger partial charge is 0.493 e. The average Bonchev–Trinajstić information content (AvgIpc) is 2.40. The van der Waals surface area contributed by atoms with E-state index < -0.39 is 0 Å². The van der Waals surface area contributed by atoms with Gasteiger partial charge in [0, 0.05) is 18.2 Å². The molecule has 5 heteroatoms. The van der Waals surface area contributed by atoms with Gasteiger partial charge in [0.05, 0.1) is 6.61 Å². The van der Waals surface area contributed by atoms with Gasteiger partial charge in [-0.3, -0.25) is 9.78 Å². The summed E-state index contributed by atoms with van der Waals surface area (Å²) < 4.78 is 6.03. The van der Waals surface area contributed by atoms with E-state index >= 15 is 0 Å². The molecule has 2 aromatic rings. The smallest absolute Gasteiger partial charge is 0.255 e. The molecule has 1 aromatic carbocycles.